The Labute approximate surface area is 184 Å². The predicted octanol–water partition coefficient (Wildman–Crippen LogP) is 3.42. The maximum absolute atomic E-state index is 13.6. The van der Waals surface area contributed by atoms with Crippen LogP contribution in [0.25, 0.3) is 11.1 Å². The molecule has 9 heteroatoms. The van der Waals surface area contributed by atoms with Crippen molar-refractivity contribution in [3.8, 4) is 22.6 Å². The molecule has 0 atom stereocenters. The standard InChI is InChI=1S/C23H21FO7S/c24-17-6-8-21(26)20(13-17)16-3-1-4-18(12-16)32(29,30)14-15-5-7-19(22(27)11-15)23(28)31-10-2-9-25/h1,3-8,11-13,25-27H,2,9-10,14H2. The molecular formula is C23H21FO7S. The fraction of sp³-hybridized carbons (Fsp3) is 0.174. The molecule has 7 nitrogen and oxygen atoms in total. The summed E-state index contributed by atoms with van der Waals surface area (Å²) in [4.78, 5) is 11.9. The number of phenols is 2. The molecule has 0 aliphatic rings. The van der Waals surface area contributed by atoms with Crippen LogP contribution in [0.15, 0.2) is 65.6 Å². The van der Waals surface area contributed by atoms with Crippen molar-refractivity contribution in [1.82, 2.24) is 0 Å². The number of hydrogen-bond acceptors (Lipinski definition) is 7. The highest BCUT2D eigenvalue weighted by atomic mass is 32.2. The summed E-state index contributed by atoms with van der Waals surface area (Å²) in [6, 6.07) is 13.0. The zero-order chi connectivity index (χ0) is 23.3. The number of aliphatic hydroxyl groups excluding tert-OH is 1. The first kappa shape index (κ1) is 23.2. The van der Waals surface area contributed by atoms with Crippen LogP contribution in [-0.4, -0.2) is 42.9 Å². The molecule has 3 aromatic rings. The number of sulfone groups is 1. The first-order chi connectivity index (χ1) is 15.2. The van der Waals surface area contributed by atoms with Crippen LogP contribution in [0.1, 0.15) is 22.3 Å². The molecule has 0 radical (unpaired) electrons. The van der Waals surface area contributed by atoms with Gasteiger partial charge in [-0.05, 0) is 53.6 Å². The maximum Gasteiger partial charge on any atom is 0.341 e. The molecule has 0 saturated carbocycles. The minimum Gasteiger partial charge on any atom is -0.507 e. The number of carbonyl (C=O) groups is 1. The van der Waals surface area contributed by atoms with Crippen molar-refractivity contribution < 1.29 is 37.7 Å². The predicted molar refractivity (Wildman–Crippen MR) is 114 cm³/mol. The lowest BCUT2D eigenvalue weighted by Crippen LogP contribution is -2.09. The molecule has 0 fully saturated rings. The molecule has 168 valence electrons. The molecule has 0 amide bonds. The Hall–Kier alpha value is -3.43. The molecule has 0 saturated heterocycles. The smallest absolute Gasteiger partial charge is 0.341 e. The van der Waals surface area contributed by atoms with Crippen LogP contribution in [0, 0.1) is 5.82 Å². The number of halogens is 1. The Balaban J connectivity index is 1.83. The van der Waals surface area contributed by atoms with E-state index in [1.165, 1.54) is 42.5 Å². The number of aliphatic hydroxyl groups is 1. The third-order valence-corrected chi connectivity index (χ3v) is 6.32. The fourth-order valence-electron chi connectivity index (χ4n) is 3.05. The molecule has 3 aromatic carbocycles. The van der Waals surface area contributed by atoms with Crippen molar-refractivity contribution in [1.29, 1.82) is 0 Å². The van der Waals surface area contributed by atoms with E-state index in [0.717, 1.165) is 12.1 Å². The lowest BCUT2D eigenvalue weighted by Gasteiger charge is -2.10. The van der Waals surface area contributed by atoms with Gasteiger partial charge in [0, 0.05) is 18.6 Å². The second-order valence-corrected chi connectivity index (χ2v) is 9.00. The van der Waals surface area contributed by atoms with Gasteiger partial charge in [-0.25, -0.2) is 17.6 Å². The van der Waals surface area contributed by atoms with Gasteiger partial charge in [-0.1, -0.05) is 18.2 Å². The lowest BCUT2D eigenvalue weighted by molar-refractivity contribution is 0.0479. The summed E-state index contributed by atoms with van der Waals surface area (Å²) >= 11 is 0. The van der Waals surface area contributed by atoms with E-state index in [1.807, 2.05) is 0 Å². The van der Waals surface area contributed by atoms with E-state index >= 15 is 0 Å². The van der Waals surface area contributed by atoms with Crippen LogP contribution in [-0.2, 0) is 20.3 Å². The molecule has 0 unspecified atom stereocenters. The summed E-state index contributed by atoms with van der Waals surface area (Å²) in [6.45, 7) is -0.155. The molecule has 0 aliphatic carbocycles. The normalized spacial score (nSPS) is 11.3. The molecule has 0 bridgehead atoms. The van der Waals surface area contributed by atoms with E-state index < -0.39 is 33.1 Å². The van der Waals surface area contributed by atoms with Gasteiger partial charge >= 0.3 is 5.97 Å². The summed E-state index contributed by atoms with van der Waals surface area (Å²) < 4.78 is 44.3. The average molecular weight is 460 g/mol. The van der Waals surface area contributed by atoms with E-state index in [0.29, 0.717) is 5.56 Å². The summed E-state index contributed by atoms with van der Waals surface area (Å²) in [5, 5.41) is 28.8. The summed E-state index contributed by atoms with van der Waals surface area (Å²) in [7, 11) is -3.86. The molecule has 3 N–H and O–H groups in total. The molecular weight excluding hydrogens is 439 g/mol. The molecule has 3 rings (SSSR count). The van der Waals surface area contributed by atoms with E-state index in [-0.39, 0.29) is 47.0 Å². The topological polar surface area (TPSA) is 121 Å². The zero-order valence-electron chi connectivity index (χ0n) is 16.9. The van der Waals surface area contributed by atoms with E-state index in [1.54, 1.807) is 6.07 Å². The number of esters is 1. The molecule has 0 heterocycles. The number of ether oxygens (including phenoxy) is 1. The Morgan fingerprint density at radius 3 is 2.47 bits per heavy atom. The van der Waals surface area contributed by atoms with Gasteiger partial charge in [0.1, 0.15) is 22.9 Å². The van der Waals surface area contributed by atoms with Crippen molar-refractivity contribution in [3.05, 3.63) is 77.6 Å². The molecule has 0 aliphatic heterocycles. The summed E-state index contributed by atoms with van der Waals surface area (Å²) in [5.41, 5.74) is 0.608. The Morgan fingerprint density at radius 1 is 0.969 bits per heavy atom. The minimum atomic E-state index is -3.86. The van der Waals surface area contributed by atoms with Crippen LogP contribution in [0.3, 0.4) is 0 Å². The van der Waals surface area contributed by atoms with Crippen LogP contribution in [0.4, 0.5) is 4.39 Å². The van der Waals surface area contributed by atoms with Crippen molar-refractivity contribution in [3.63, 3.8) is 0 Å². The highest BCUT2D eigenvalue weighted by molar-refractivity contribution is 7.90. The third-order valence-electron chi connectivity index (χ3n) is 4.64. The maximum atomic E-state index is 13.6. The van der Waals surface area contributed by atoms with Gasteiger partial charge in [-0.3, -0.25) is 0 Å². The number of carbonyl (C=O) groups excluding carboxylic acids is 1. The Kier molecular flexibility index (Phi) is 7.12. The number of benzene rings is 3. The fourth-order valence-corrected chi connectivity index (χ4v) is 4.42. The zero-order valence-corrected chi connectivity index (χ0v) is 17.7. The Bertz CT molecular complexity index is 1240. The number of hydrogen-bond donors (Lipinski definition) is 3. The minimum absolute atomic E-state index is 0.0118. The van der Waals surface area contributed by atoms with Crippen molar-refractivity contribution >= 4 is 15.8 Å². The van der Waals surface area contributed by atoms with Gasteiger partial charge in [-0.2, -0.15) is 0 Å². The van der Waals surface area contributed by atoms with E-state index in [9.17, 15) is 27.8 Å². The van der Waals surface area contributed by atoms with Crippen molar-refractivity contribution in [2.45, 2.75) is 17.1 Å². The average Bonchev–Trinajstić information content (AvgIpc) is 2.75. The monoisotopic (exact) mass is 460 g/mol. The lowest BCUT2D eigenvalue weighted by atomic mass is 10.0. The quantitative estimate of drug-likeness (QED) is 0.348. The van der Waals surface area contributed by atoms with E-state index in [4.69, 9.17) is 9.84 Å². The van der Waals surface area contributed by atoms with E-state index in [2.05, 4.69) is 0 Å². The molecule has 32 heavy (non-hydrogen) atoms. The highest BCUT2D eigenvalue weighted by Crippen LogP contribution is 2.32. The van der Waals surface area contributed by atoms with Gasteiger partial charge in [0.05, 0.1) is 17.3 Å². The van der Waals surface area contributed by atoms with Crippen LogP contribution in [0.2, 0.25) is 0 Å². The summed E-state index contributed by atoms with van der Waals surface area (Å²) in [6.07, 6.45) is 0.259. The molecule has 0 spiro atoms. The third kappa shape index (κ3) is 5.43. The van der Waals surface area contributed by atoms with Gasteiger partial charge in [-0.15, -0.1) is 0 Å². The second-order valence-electron chi connectivity index (χ2n) is 7.01. The van der Waals surface area contributed by atoms with Gasteiger partial charge < -0.3 is 20.1 Å². The van der Waals surface area contributed by atoms with Crippen molar-refractivity contribution in [2.24, 2.45) is 0 Å². The number of phenolic OH excluding ortho intramolecular Hbond substituents is 2. The van der Waals surface area contributed by atoms with Crippen LogP contribution >= 0.6 is 0 Å². The second kappa shape index (κ2) is 9.80. The van der Waals surface area contributed by atoms with Gasteiger partial charge in [0.15, 0.2) is 9.84 Å². The first-order valence-electron chi connectivity index (χ1n) is 9.63. The number of aromatic hydroxyl groups is 2. The van der Waals surface area contributed by atoms with Gasteiger partial charge in [0.25, 0.3) is 0 Å². The highest BCUT2D eigenvalue weighted by Gasteiger charge is 2.19. The Morgan fingerprint density at radius 2 is 1.75 bits per heavy atom. The van der Waals surface area contributed by atoms with Crippen LogP contribution in [0.5, 0.6) is 11.5 Å². The van der Waals surface area contributed by atoms with Gasteiger partial charge in [0.2, 0.25) is 0 Å². The largest absolute Gasteiger partial charge is 0.507 e. The summed E-state index contributed by atoms with van der Waals surface area (Å²) in [5.74, 6) is -2.43. The first-order valence-corrected chi connectivity index (χ1v) is 11.3. The van der Waals surface area contributed by atoms with Crippen LogP contribution < -0.4 is 0 Å². The number of rotatable bonds is 8. The molecule has 0 aromatic heterocycles. The SMILES string of the molecule is O=C(OCCCO)c1ccc(CS(=O)(=O)c2cccc(-c3cc(F)ccc3O)c2)cc1O. The van der Waals surface area contributed by atoms with Crippen molar-refractivity contribution in [2.75, 3.05) is 13.2 Å².